The Kier molecular flexibility index (Phi) is 7.57. The fourth-order valence-electron chi connectivity index (χ4n) is 4.59. The highest BCUT2D eigenvalue weighted by atomic mass is 32.1. The zero-order chi connectivity index (χ0) is 26.6. The van der Waals surface area contributed by atoms with E-state index in [1.807, 2.05) is 48.3 Å². The molecular weight excluding hydrogens is 502 g/mol. The Labute approximate surface area is 224 Å². The highest BCUT2D eigenvalue weighted by Crippen LogP contribution is 2.26. The maximum Gasteiger partial charge on any atom is 0.290 e. The quantitative estimate of drug-likeness (QED) is 0.317. The van der Waals surface area contributed by atoms with Gasteiger partial charge in [-0.1, -0.05) is 18.2 Å². The number of anilines is 4. The predicted octanol–water partition coefficient (Wildman–Crippen LogP) is 2.96. The number of pyridine rings is 1. The molecule has 1 aliphatic heterocycles. The maximum absolute atomic E-state index is 13.0. The average molecular weight is 534 g/mol. The van der Waals surface area contributed by atoms with Gasteiger partial charge in [-0.3, -0.25) is 9.59 Å². The molecule has 1 fully saturated rings. The third-order valence-electron chi connectivity index (χ3n) is 6.67. The highest BCUT2D eigenvalue weighted by molar-refractivity contribution is 7.20. The van der Waals surface area contributed by atoms with Gasteiger partial charge in [0.05, 0.1) is 23.4 Å². The molecule has 3 N–H and O–H groups in total. The standard InChI is InChI=1S/C27H31N7O3S/c1-32(12-13-35)20-9-10-24(28-16-20)30-21-15-25(31-33(2)27(21)37)34-11-5-7-19(17-34)29-26(36)23-14-18-6-3-4-8-22(18)38-23/h3-4,6,8-10,14-16,19,35H,5,7,11-13,17H2,1-2H3,(H,28,30)(H,29,36)/t19-/m1/s1. The van der Waals surface area contributed by atoms with Crippen LogP contribution in [0.1, 0.15) is 22.5 Å². The summed E-state index contributed by atoms with van der Waals surface area (Å²) in [4.78, 5) is 34.9. The topological polar surface area (TPSA) is 116 Å². The number of hydrogen-bond donors (Lipinski definition) is 3. The maximum atomic E-state index is 13.0. The van der Waals surface area contributed by atoms with Crippen molar-refractivity contribution in [3.05, 3.63) is 70.0 Å². The van der Waals surface area contributed by atoms with Gasteiger partial charge in [0.25, 0.3) is 11.5 Å². The number of aliphatic hydroxyl groups excluding tert-OH is 1. The van der Waals surface area contributed by atoms with Crippen molar-refractivity contribution in [1.82, 2.24) is 20.1 Å². The summed E-state index contributed by atoms with van der Waals surface area (Å²) in [6.45, 7) is 1.94. The SMILES string of the molecule is CN(CCO)c1ccc(Nc2cc(N3CCC[C@@H](NC(=O)c4cc5ccccc5s4)C3)nn(C)c2=O)nc1. The van der Waals surface area contributed by atoms with Crippen LogP contribution in [-0.4, -0.2) is 65.1 Å². The second-order valence-electron chi connectivity index (χ2n) is 9.42. The molecule has 3 aromatic heterocycles. The predicted molar refractivity (Wildman–Crippen MR) is 152 cm³/mol. The van der Waals surface area contributed by atoms with Gasteiger partial charge in [-0.05, 0) is 42.5 Å². The molecule has 4 heterocycles. The summed E-state index contributed by atoms with van der Waals surface area (Å²) in [5, 5.41) is 21.0. The molecular formula is C27H31N7O3S. The smallest absolute Gasteiger partial charge is 0.290 e. The van der Waals surface area contributed by atoms with Crippen LogP contribution in [0, 0.1) is 0 Å². The fourth-order valence-corrected chi connectivity index (χ4v) is 5.56. The number of carbonyl (C=O) groups is 1. The molecule has 0 bridgehead atoms. The Morgan fingerprint density at radius 3 is 2.84 bits per heavy atom. The lowest BCUT2D eigenvalue weighted by atomic mass is 10.1. The van der Waals surface area contributed by atoms with Crippen LogP contribution < -0.4 is 26.0 Å². The van der Waals surface area contributed by atoms with E-state index in [1.165, 1.54) is 16.0 Å². The van der Waals surface area contributed by atoms with Gasteiger partial charge < -0.3 is 25.5 Å². The number of rotatable bonds is 8. The summed E-state index contributed by atoms with van der Waals surface area (Å²) < 4.78 is 2.42. The zero-order valence-corrected chi connectivity index (χ0v) is 22.2. The fraction of sp³-hybridized carbons (Fsp3) is 0.333. The summed E-state index contributed by atoms with van der Waals surface area (Å²) in [5.74, 6) is 1.13. The number of likely N-dealkylation sites (N-methyl/N-ethyl adjacent to an activating group) is 1. The number of nitrogens with one attached hydrogen (secondary N) is 2. The number of nitrogens with zero attached hydrogens (tertiary/aromatic N) is 5. The second kappa shape index (κ2) is 11.2. The van der Waals surface area contributed by atoms with E-state index in [-0.39, 0.29) is 24.1 Å². The van der Waals surface area contributed by atoms with Crippen molar-refractivity contribution in [2.45, 2.75) is 18.9 Å². The molecule has 0 radical (unpaired) electrons. The minimum Gasteiger partial charge on any atom is -0.395 e. The third kappa shape index (κ3) is 5.63. The van der Waals surface area contributed by atoms with Crippen LogP contribution in [0.4, 0.5) is 23.0 Å². The zero-order valence-electron chi connectivity index (χ0n) is 21.4. The number of aryl methyl sites for hydroxylation is 1. The molecule has 38 heavy (non-hydrogen) atoms. The first-order valence-electron chi connectivity index (χ1n) is 12.6. The Balaban J connectivity index is 1.28. The molecule has 1 amide bonds. The van der Waals surface area contributed by atoms with Gasteiger partial charge in [0.1, 0.15) is 11.5 Å². The molecule has 0 saturated carbocycles. The molecule has 1 aromatic carbocycles. The highest BCUT2D eigenvalue weighted by Gasteiger charge is 2.24. The van der Waals surface area contributed by atoms with Crippen molar-refractivity contribution in [3.63, 3.8) is 0 Å². The van der Waals surface area contributed by atoms with Crippen LogP contribution in [0.5, 0.6) is 0 Å². The van der Waals surface area contributed by atoms with E-state index in [9.17, 15) is 9.59 Å². The van der Waals surface area contributed by atoms with Crippen molar-refractivity contribution in [3.8, 4) is 0 Å². The minimum absolute atomic E-state index is 0.0259. The van der Waals surface area contributed by atoms with E-state index >= 15 is 0 Å². The van der Waals surface area contributed by atoms with Crippen molar-refractivity contribution in [2.75, 3.05) is 48.4 Å². The molecule has 0 aliphatic carbocycles. The van der Waals surface area contributed by atoms with E-state index in [0.717, 1.165) is 35.2 Å². The number of amides is 1. The number of hydrogen-bond acceptors (Lipinski definition) is 9. The number of benzene rings is 1. The van der Waals surface area contributed by atoms with Crippen molar-refractivity contribution >= 4 is 50.3 Å². The number of aliphatic hydroxyl groups is 1. The minimum atomic E-state index is -0.261. The van der Waals surface area contributed by atoms with E-state index in [0.29, 0.717) is 35.3 Å². The normalized spacial score (nSPS) is 15.4. The molecule has 1 saturated heterocycles. The van der Waals surface area contributed by atoms with Gasteiger partial charge in [0.15, 0.2) is 5.82 Å². The third-order valence-corrected chi connectivity index (χ3v) is 7.78. The molecule has 5 rings (SSSR count). The number of carbonyl (C=O) groups excluding carboxylic acids is 1. The van der Waals surface area contributed by atoms with Gasteiger partial charge in [0, 0.05) is 50.5 Å². The number of piperidine rings is 1. The van der Waals surface area contributed by atoms with Gasteiger partial charge >= 0.3 is 0 Å². The molecule has 198 valence electrons. The second-order valence-corrected chi connectivity index (χ2v) is 10.5. The number of thiophene rings is 1. The van der Waals surface area contributed by atoms with E-state index in [2.05, 4.69) is 25.6 Å². The summed E-state index contributed by atoms with van der Waals surface area (Å²) in [7, 11) is 3.50. The van der Waals surface area contributed by atoms with Crippen LogP contribution in [0.15, 0.2) is 59.5 Å². The lowest BCUT2D eigenvalue weighted by molar-refractivity contribution is 0.0937. The van der Waals surface area contributed by atoms with Crippen LogP contribution in [0.25, 0.3) is 10.1 Å². The Bertz CT molecular complexity index is 1450. The molecule has 11 heteroatoms. The van der Waals surface area contributed by atoms with Crippen LogP contribution in [-0.2, 0) is 7.05 Å². The van der Waals surface area contributed by atoms with Crippen molar-refractivity contribution in [2.24, 2.45) is 7.05 Å². The van der Waals surface area contributed by atoms with Crippen LogP contribution in [0.3, 0.4) is 0 Å². The summed E-state index contributed by atoms with van der Waals surface area (Å²) >= 11 is 1.50. The first kappa shape index (κ1) is 25.7. The molecule has 10 nitrogen and oxygen atoms in total. The van der Waals surface area contributed by atoms with Gasteiger partial charge in [0.2, 0.25) is 0 Å². The van der Waals surface area contributed by atoms with E-state index < -0.39 is 0 Å². The monoisotopic (exact) mass is 533 g/mol. The van der Waals surface area contributed by atoms with Crippen LogP contribution >= 0.6 is 11.3 Å². The summed E-state index contributed by atoms with van der Waals surface area (Å²) in [6, 6.07) is 15.3. The molecule has 1 atom stereocenters. The van der Waals surface area contributed by atoms with Crippen molar-refractivity contribution < 1.29 is 9.90 Å². The summed E-state index contributed by atoms with van der Waals surface area (Å²) in [6.07, 6.45) is 3.47. The lowest BCUT2D eigenvalue weighted by Gasteiger charge is -2.34. The Morgan fingerprint density at radius 2 is 2.08 bits per heavy atom. The first-order chi connectivity index (χ1) is 18.4. The Hall–Kier alpha value is -3.96. The average Bonchev–Trinajstić information content (AvgIpc) is 3.37. The molecule has 0 spiro atoms. The van der Waals surface area contributed by atoms with Gasteiger partial charge in [-0.25, -0.2) is 9.67 Å². The largest absolute Gasteiger partial charge is 0.395 e. The molecule has 0 unspecified atom stereocenters. The van der Waals surface area contributed by atoms with E-state index in [1.54, 1.807) is 25.4 Å². The van der Waals surface area contributed by atoms with Gasteiger partial charge in [-0.15, -0.1) is 11.3 Å². The first-order valence-corrected chi connectivity index (χ1v) is 13.4. The van der Waals surface area contributed by atoms with Gasteiger partial charge in [-0.2, -0.15) is 5.10 Å². The summed E-state index contributed by atoms with van der Waals surface area (Å²) in [5.41, 5.74) is 0.978. The lowest BCUT2D eigenvalue weighted by Crippen LogP contribution is -2.48. The molecule has 1 aliphatic rings. The number of aromatic nitrogens is 3. The Morgan fingerprint density at radius 1 is 1.24 bits per heavy atom. The van der Waals surface area contributed by atoms with E-state index in [4.69, 9.17) is 5.11 Å². The van der Waals surface area contributed by atoms with Crippen molar-refractivity contribution in [1.29, 1.82) is 0 Å². The van der Waals surface area contributed by atoms with Crippen LogP contribution in [0.2, 0.25) is 0 Å². The number of fused-ring (bicyclic) bond motifs is 1. The molecule has 4 aromatic rings.